The Kier molecular flexibility index (Phi) is 7.88. The molecule has 0 bridgehead atoms. The van der Waals surface area contributed by atoms with Gasteiger partial charge < -0.3 is 20.1 Å². The van der Waals surface area contributed by atoms with Crippen LogP contribution >= 0.6 is 0 Å². The normalized spacial score (nSPS) is 16.2. The Hall–Kier alpha value is -4.31. The van der Waals surface area contributed by atoms with E-state index in [0.717, 1.165) is 74.0 Å². The smallest absolute Gasteiger partial charge is 0.263 e. The van der Waals surface area contributed by atoms with Gasteiger partial charge in [-0.3, -0.25) is 14.2 Å². The number of aromatic nitrogens is 4. The lowest BCUT2D eigenvalue weighted by atomic mass is 10.0. The Morgan fingerprint density at radius 3 is 2.40 bits per heavy atom. The molecule has 0 unspecified atom stereocenters. The minimum Gasteiger partial charge on any atom is -0.490 e. The molecule has 1 saturated heterocycles. The first-order chi connectivity index (χ1) is 20.4. The average molecular weight is 569 g/mol. The number of pyridine rings is 2. The summed E-state index contributed by atoms with van der Waals surface area (Å²) < 4.78 is 7.86. The summed E-state index contributed by atoms with van der Waals surface area (Å²) in [6.45, 7) is 4.99. The highest BCUT2D eigenvalue weighted by Gasteiger charge is 2.26. The molecular weight excluding hydrogens is 532 g/mol. The van der Waals surface area contributed by atoms with Gasteiger partial charge in [0.25, 0.3) is 5.56 Å². The fraction of sp³-hybridized carbons (Fsp3) is 0.406. The van der Waals surface area contributed by atoms with E-state index in [4.69, 9.17) is 9.72 Å². The Morgan fingerprint density at radius 2 is 1.76 bits per heavy atom. The molecular formula is C32H36N6O4. The SMILES string of the molecule is CC(=O)c1c(C)c2cnc(Nc3ccc(N4CCC(Oc5ccc(CO)cc5)CC4)cn3)nc2n(C2CCCC2)c1=O. The molecule has 0 amide bonds. The number of aryl methyl sites for hydroxylation is 1. The minimum atomic E-state index is -0.264. The minimum absolute atomic E-state index is 0.0280. The molecule has 2 fully saturated rings. The first-order valence-electron chi connectivity index (χ1n) is 14.7. The van der Waals surface area contributed by atoms with Gasteiger partial charge in [-0.1, -0.05) is 25.0 Å². The van der Waals surface area contributed by atoms with Gasteiger partial charge in [0.2, 0.25) is 5.95 Å². The summed E-state index contributed by atoms with van der Waals surface area (Å²) in [4.78, 5) is 42.0. The maximum atomic E-state index is 13.5. The highest BCUT2D eigenvalue weighted by atomic mass is 16.5. The molecule has 1 aromatic carbocycles. The summed E-state index contributed by atoms with van der Waals surface area (Å²) in [5.74, 6) is 1.56. The van der Waals surface area contributed by atoms with Crippen LogP contribution in [0.1, 0.15) is 73.0 Å². The fourth-order valence-electron chi connectivity index (χ4n) is 6.17. The van der Waals surface area contributed by atoms with Gasteiger partial charge in [-0.2, -0.15) is 4.98 Å². The van der Waals surface area contributed by atoms with Crippen molar-refractivity contribution in [2.45, 2.75) is 71.1 Å². The number of hydrogen-bond acceptors (Lipinski definition) is 9. The molecule has 0 atom stereocenters. The Balaban J connectivity index is 1.15. The van der Waals surface area contributed by atoms with Crippen LogP contribution < -0.4 is 20.5 Å². The fourth-order valence-corrected chi connectivity index (χ4v) is 6.17. The highest BCUT2D eigenvalue weighted by molar-refractivity contribution is 5.99. The zero-order valence-electron chi connectivity index (χ0n) is 24.0. The van der Waals surface area contributed by atoms with Gasteiger partial charge in [-0.25, -0.2) is 9.97 Å². The molecule has 6 rings (SSSR count). The van der Waals surface area contributed by atoms with Gasteiger partial charge in [0, 0.05) is 43.6 Å². The lowest BCUT2D eigenvalue weighted by Gasteiger charge is -2.33. The van der Waals surface area contributed by atoms with Crippen LogP contribution in [0.3, 0.4) is 0 Å². The number of nitrogens with one attached hydrogen (secondary N) is 1. The lowest BCUT2D eigenvalue weighted by molar-refractivity contribution is 0.101. The third kappa shape index (κ3) is 5.59. The molecule has 1 saturated carbocycles. The third-order valence-electron chi connectivity index (χ3n) is 8.45. The molecule has 2 N–H and O–H groups in total. The number of anilines is 3. The quantitative estimate of drug-likeness (QED) is 0.280. The number of carbonyl (C=O) groups is 1. The second-order valence-electron chi connectivity index (χ2n) is 11.2. The number of rotatable bonds is 8. The van der Waals surface area contributed by atoms with E-state index in [2.05, 4.69) is 20.2 Å². The van der Waals surface area contributed by atoms with Crippen molar-refractivity contribution >= 4 is 34.3 Å². The number of nitrogens with zero attached hydrogens (tertiary/aromatic N) is 5. The summed E-state index contributed by atoms with van der Waals surface area (Å²) in [7, 11) is 0. The maximum absolute atomic E-state index is 13.5. The molecule has 2 aliphatic rings. The van der Waals surface area contributed by atoms with E-state index >= 15 is 0 Å². The topological polar surface area (TPSA) is 122 Å². The van der Waals surface area contributed by atoms with Crippen molar-refractivity contribution in [3.05, 3.63) is 75.8 Å². The Morgan fingerprint density at radius 1 is 1.02 bits per heavy atom. The van der Waals surface area contributed by atoms with E-state index in [1.54, 1.807) is 17.7 Å². The van der Waals surface area contributed by atoms with Crippen molar-refractivity contribution in [2.75, 3.05) is 23.3 Å². The summed E-state index contributed by atoms with van der Waals surface area (Å²) in [5.41, 5.74) is 3.05. The van der Waals surface area contributed by atoms with Crippen molar-refractivity contribution in [2.24, 2.45) is 0 Å². The van der Waals surface area contributed by atoms with E-state index in [-0.39, 0.29) is 35.7 Å². The first-order valence-corrected chi connectivity index (χ1v) is 14.7. The second kappa shape index (κ2) is 11.9. The van der Waals surface area contributed by atoms with Gasteiger partial charge in [0.05, 0.1) is 24.1 Å². The number of Topliss-reactive ketones (excluding diaryl/α,β-unsaturated/α-hetero) is 1. The number of ketones is 1. The number of carbonyl (C=O) groups excluding carboxylic acids is 1. The summed E-state index contributed by atoms with van der Waals surface area (Å²) >= 11 is 0. The molecule has 42 heavy (non-hydrogen) atoms. The van der Waals surface area contributed by atoms with Crippen molar-refractivity contribution in [1.29, 1.82) is 0 Å². The van der Waals surface area contributed by atoms with Crippen LogP contribution in [0.5, 0.6) is 5.75 Å². The van der Waals surface area contributed by atoms with Gasteiger partial charge in [-0.05, 0) is 62.1 Å². The van der Waals surface area contributed by atoms with Crippen LogP contribution in [0.25, 0.3) is 11.0 Å². The molecule has 0 radical (unpaired) electrons. The highest BCUT2D eigenvalue weighted by Crippen LogP contribution is 2.32. The van der Waals surface area contributed by atoms with Crippen molar-refractivity contribution < 1.29 is 14.6 Å². The van der Waals surface area contributed by atoms with Crippen LogP contribution in [0.4, 0.5) is 17.5 Å². The zero-order chi connectivity index (χ0) is 29.2. The standard InChI is InChI=1S/C32H36N6O4/c1-20-27-18-34-32(36-30(27)38(23-5-3-4-6-23)31(41)29(20)21(2)40)35-28-12-9-24(17-33-28)37-15-13-26(14-16-37)42-25-10-7-22(19-39)8-11-25/h7-12,17-18,23,26,39H,3-6,13-16,19H2,1-2H3,(H,33,34,35,36). The summed E-state index contributed by atoms with van der Waals surface area (Å²) in [6, 6.07) is 11.5. The number of benzene rings is 1. The Bertz CT molecular complexity index is 1640. The molecule has 4 heterocycles. The van der Waals surface area contributed by atoms with Crippen LogP contribution in [-0.2, 0) is 6.61 Å². The summed E-state index contributed by atoms with van der Waals surface area (Å²) in [5, 5.41) is 13.1. The van der Waals surface area contributed by atoms with Gasteiger partial charge in [-0.15, -0.1) is 0 Å². The Labute approximate surface area is 244 Å². The zero-order valence-corrected chi connectivity index (χ0v) is 24.0. The largest absolute Gasteiger partial charge is 0.490 e. The molecule has 1 aliphatic heterocycles. The van der Waals surface area contributed by atoms with Crippen molar-refractivity contribution in [3.8, 4) is 5.75 Å². The number of ether oxygens (including phenoxy) is 1. The number of piperidine rings is 1. The molecule has 3 aromatic heterocycles. The number of fused-ring (bicyclic) bond motifs is 1. The third-order valence-corrected chi connectivity index (χ3v) is 8.45. The molecule has 10 heteroatoms. The van der Waals surface area contributed by atoms with Crippen LogP contribution in [0, 0.1) is 6.92 Å². The van der Waals surface area contributed by atoms with E-state index in [1.807, 2.05) is 42.6 Å². The maximum Gasteiger partial charge on any atom is 0.263 e. The number of hydrogen-bond donors (Lipinski definition) is 2. The van der Waals surface area contributed by atoms with E-state index in [9.17, 15) is 14.7 Å². The van der Waals surface area contributed by atoms with Crippen LogP contribution in [0.15, 0.2) is 53.6 Å². The van der Waals surface area contributed by atoms with Gasteiger partial charge in [0.1, 0.15) is 23.3 Å². The predicted octanol–water partition coefficient (Wildman–Crippen LogP) is 5.10. The van der Waals surface area contributed by atoms with E-state index in [0.29, 0.717) is 23.0 Å². The van der Waals surface area contributed by atoms with Gasteiger partial charge >= 0.3 is 0 Å². The van der Waals surface area contributed by atoms with Gasteiger partial charge in [0.15, 0.2) is 5.78 Å². The van der Waals surface area contributed by atoms with E-state index < -0.39 is 0 Å². The van der Waals surface area contributed by atoms with Crippen molar-refractivity contribution in [3.63, 3.8) is 0 Å². The van der Waals surface area contributed by atoms with Crippen LogP contribution in [-0.4, -0.2) is 49.6 Å². The average Bonchev–Trinajstić information content (AvgIpc) is 3.53. The number of aliphatic hydroxyl groups excluding tert-OH is 1. The monoisotopic (exact) mass is 568 g/mol. The second-order valence-corrected chi connectivity index (χ2v) is 11.2. The first kappa shape index (κ1) is 27.8. The molecule has 218 valence electrons. The summed E-state index contributed by atoms with van der Waals surface area (Å²) in [6.07, 6.45) is 9.39. The molecule has 1 aliphatic carbocycles. The van der Waals surface area contributed by atoms with Crippen molar-refractivity contribution in [1.82, 2.24) is 19.5 Å². The molecule has 0 spiro atoms. The van der Waals surface area contributed by atoms with E-state index in [1.165, 1.54) is 6.92 Å². The molecule has 4 aromatic rings. The van der Waals surface area contributed by atoms with Crippen LogP contribution in [0.2, 0.25) is 0 Å². The molecule has 10 nitrogen and oxygen atoms in total. The predicted molar refractivity (Wildman–Crippen MR) is 162 cm³/mol. The lowest BCUT2D eigenvalue weighted by Crippen LogP contribution is -2.38. The number of aliphatic hydroxyl groups is 1.